The third-order valence-corrected chi connectivity index (χ3v) is 3.50. The fourth-order valence-corrected chi connectivity index (χ4v) is 2.32. The number of amides is 2. The lowest BCUT2D eigenvalue weighted by Crippen LogP contribution is -2.53. The number of hydrogen-bond acceptors (Lipinski definition) is 4. The normalized spacial score (nSPS) is 18.1. The number of aliphatic carboxylic acids is 2. The second-order valence-corrected chi connectivity index (χ2v) is 4.88. The van der Waals surface area contributed by atoms with Gasteiger partial charge in [0.2, 0.25) is 0 Å². The van der Waals surface area contributed by atoms with E-state index in [0.717, 1.165) is 9.80 Å². The molecule has 2 N–H and O–H groups in total. The summed E-state index contributed by atoms with van der Waals surface area (Å²) in [6, 6.07) is -0.978. The van der Waals surface area contributed by atoms with E-state index in [1.165, 1.54) is 0 Å². The summed E-state index contributed by atoms with van der Waals surface area (Å²) in [5.41, 5.74) is 0. The Kier molecular flexibility index (Phi) is 6.13. The molecule has 8 nitrogen and oxygen atoms in total. The summed E-state index contributed by atoms with van der Waals surface area (Å²) in [5.74, 6) is -3.89. The van der Waals surface area contributed by atoms with Gasteiger partial charge >= 0.3 is 23.8 Å². The standard InChI is InChI=1S/C13H20N2O6/c1-2-14(8-6-10(16)17)11(18)12(19)15-7-4-3-5-9(15)13(20)21/h9H,2-8H2,1H3,(H,16,17)(H,20,21)/t9-/m0/s1. The Morgan fingerprint density at radius 1 is 1.19 bits per heavy atom. The molecule has 0 saturated carbocycles. The van der Waals surface area contributed by atoms with Gasteiger partial charge in [-0.05, 0) is 26.2 Å². The van der Waals surface area contributed by atoms with E-state index < -0.39 is 29.8 Å². The van der Waals surface area contributed by atoms with Crippen molar-refractivity contribution in [3.05, 3.63) is 0 Å². The van der Waals surface area contributed by atoms with Crippen molar-refractivity contribution in [3.63, 3.8) is 0 Å². The van der Waals surface area contributed by atoms with E-state index in [4.69, 9.17) is 10.2 Å². The van der Waals surface area contributed by atoms with Crippen molar-refractivity contribution in [2.75, 3.05) is 19.6 Å². The SMILES string of the molecule is CCN(CCC(=O)O)C(=O)C(=O)N1CCCC[C@H]1C(=O)O. The van der Waals surface area contributed by atoms with Gasteiger partial charge in [-0.25, -0.2) is 4.79 Å². The molecule has 0 unspecified atom stereocenters. The first-order chi connectivity index (χ1) is 9.88. The molecule has 1 atom stereocenters. The van der Waals surface area contributed by atoms with Crippen LogP contribution < -0.4 is 0 Å². The molecule has 1 heterocycles. The molecule has 0 aromatic carbocycles. The molecule has 0 spiro atoms. The lowest BCUT2D eigenvalue weighted by Gasteiger charge is -2.33. The number of carbonyl (C=O) groups excluding carboxylic acids is 2. The van der Waals surface area contributed by atoms with Gasteiger partial charge in [-0.2, -0.15) is 0 Å². The Balaban J connectivity index is 2.76. The minimum Gasteiger partial charge on any atom is -0.481 e. The minimum absolute atomic E-state index is 0.0675. The van der Waals surface area contributed by atoms with Gasteiger partial charge in [-0.15, -0.1) is 0 Å². The van der Waals surface area contributed by atoms with E-state index >= 15 is 0 Å². The van der Waals surface area contributed by atoms with Crippen molar-refractivity contribution in [2.45, 2.75) is 38.6 Å². The third kappa shape index (κ3) is 4.44. The summed E-state index contributed by atoms with van der Waals surface area (Å²) in [4.78, 5) is 48.2. The van der Waals surface area contributed by atoms with E-state index in [-0.39, 0.29) is 26.1 Å². The zero-order chi connectivity index (χ0) is 16.0. The van der Waals surface area contributed by atoms with Crippen LogP contribution in [0.1, 0.15) is 32.6 Å². The van der Waals surface area contributed by atoms with Crippen molar-refractivity contribution >= 4 is 23.8 Å². The minimum atomic E-state index is -1.12. The quantitative estimate of drug-likeness (QED) is 0.678. The molecular formula is C13H20N2O6. The number of likely N-dealkylation sites (N-methyl/N-ethyl adjacent to an activating group) is 1. The molecule has 0 radical (unpaired) electrons. The Hall–Kier alpha value is -2.12. The number of carboxylic acid groups (broad SMARTS) is 2. The van der Waals surface area contributed by atoms with Crippen LogP contribution in [0.2, 0.25) is 0 Å². The van der Waals surface area contributed by atoms with Crippen LogP contribution in [0.5, 0.6) is 0 Å². The predicted octanol–water partition coefficient (Wildman–Crippen LogP) is -0.225. The van der Waals surface area contributed by atoms with Gasteiger partial charge in [-0.3, -0.25) is 14.4 Å². The Bertz CT molecular complexity index is 436. The van der Waals surface area contributed by atoms with Gasteiger partial charge in [-0.1, -0.05) is 0 Å². The molecule has 21 heavy (non-hydrogen) atoms. The lowest BCUT2D eigenvalue weighted by atomic mass is 10.0. The molecule has 1 fully saturated rings. The third-order valence-electron chi connectivity index (χ3n) is 3.50. The van der Waals surface area contributed by atoms with Crippen LogP contribution >= 0.6 is 0 Å². The van der Waals surface area contributed by atoms with Crippen molar-refractivity contribution in [3.8, 4) is 0 Å². The Labute approximate surface area is 122 Å². The highest BCUT2D eigenvalue weighted by Crippen LogP contribution is 2.18. The summed E-state index contributed by atoms with van der Waals surface area (Å²) < 4.78 is 0. The lowest BCUT2D eigenvalue weighted by molar-refractivity contribution is -0.159. The van der Waals surface area contributed by atoms with Crippen molar-refractivity contribution in [2.24, 2.45) is 0 Å². The molecule has 1 saturated heterocycles. The maximum Gasteiger partial charge on any atom is 0.326 e. The summed E-state index contributed by atoms with van der Waals surface area (Å²) >= 11 is 0. The van der Waals surface area contributed by atoms with E-state index in [0.29, 0.717) is 19.3 Å². The highest BCUT2D eigenvalue weighted by Gasteiger charge is 2.36. The number of hydrogen-bond donors (Lipinski definition) is 2. The molecule has 8 heteroatoms. The average molecular weight is 300 g/mol. The summed E-state index contributed by atoms with van der Waals surface area (Å²) in [6.07, 6.45) is 1.43. The topological polar surface area (TPSA) is 115 Å². The Morgan fingerprint density at radius 2 is 1.86 bits per heavy atom. The van der Waals surface area contributed by atoms with Crippen molar-refractivity contribution in [1.82, 2.24) is 9.80 Å². The zero-order valence-corrected chi connectivity index (χ0v) is 11.9. The van der Waals surface area contributed by atoms with Crippen LogP contribution in [0.25, 0.3) is 0 Å². The maximum absolute atomic E-state index is 12.2. The summed E-state index contributed by atoms with van der Waals surface area (Å²) in [6.45, 7) is 2.00. The van der Waals surface area contributed by atoms with Gasteiger partial charge in [0.05, 0.1) is 6.42 Å². The number of piperidine rings is 1. The van der Waals surface area contributed by atoms with Crippen LogP contribution in [-0.4, -0.2) is 69.4 Å². The van der Waals surface area contributed by atoms with Gasteiger partial charge in [0, 0.05) is 19.6 Å². The molecule has 0 bridgehead atoms. The largest absolute Gasteiger partial charge is 0.481 e. The fraction of sp³-hybridized carbons (Fsp3) is 0.692. The first kappa shape index (κ1) is 16.9. The van der Waals surface area contributed by atoms with Crippen LogP contribution in [0.3, 0.4) is 0 Å². The van der Waals surface area contributed by atoms with E-state index in [1.807, 2.05) is 0 Å². The molecule has 2 amide bonds. The van der Waals surface area contributed by atoms with Crippen LogP contribution in [0.15, 0.2) is 0 Å². The first-order valence-electron chi connectivity index (χ1n) is 6.93. The summed E-state index contributed by atoms with van der Waals surface area (Å²) in [5, 5.41) is 17.7. The molecular weight excluding hydrogens is 280 g/mol. The van der Waals surface area contributed by atoms with Gasteiger partial charge in [0.15, 0.2) is 0 Å². The first-order valence-corrected chi connectivity index (χ1v) is 6.93. The Morgan fingerprint density at radius 3 is 2.38 bits per heavy atom. The molecule has 1 rings (SSSR count). The highest BCUT2D eigenvalue weighted by molar-refractivity contribution is 6.35. The van der Waals surface area contributed by atoms with E-state index in [9.17, 15) is 19.2 Å². The number of carboxylic acids is 2. The molecule has 1 aliphatic rings. The smallest absolute Gasteiger partial charge is 0.326 e. The molecule has 0 aliphatic carbocycles. The second-order valence-electron chi connectivity index (χ2n) is 4.88. The van der Waals surface area contributed by atoms with Gasteiger partial charge < -0.3 is 20.0 Å². The number of likely N-dealkylation sites (tertiary alicyclic amines) is 1. The number of nitrogens with zero attached hydrogens (tertiary/aromatic N) is 2. The molecule has 0 aromatic heterocycles. The molecule has 1 aliphatic heterocycles. The molecule has 0 aromatic rings. The average Bonchev–Trinajstić information content (AvgIpc) is 2.46. The number of carbonyl (C=O) groups is 4. The van der Waals surface area contributed by atoms with Gasteiger partial charge in [0.1, 0.15) is 6.04 Å². The monoisotopic (exact) mass is 300 g/mol. The van der Waals surface area contributed by atoms with Crippen LogP contribution in [0, 0.1) is 0 Å². The fourth-order valence-electron chi connectivity index (χ4n) is 2.32. The number of rotatable bonds is 5. The predicted molar refractivity (Wildman–Crippen MR) is 71.5 cm³/mol. The van der Waals surface area contributed by atoms with Crippen molar-refractivity contribution in [1.29, 1.82) is 0 Å². The summed E-state index contributed by atoms with van der Waals surface area (Å²) in [7, 11) is 0. The van der Waals surface area contributed by atoms with E-state index in [2.05, 4.69) is 0 Å². The second kappa shape index (κ2) is 7.61. The van der Waals surface area contributed by atoms with Crippen LogP contribution in [0.4, 0.5) is 0 Å². The van der Waals surface area contributed by atoms with E-state index in [1.54, 1.807) is 6.92 Å². The zero-order valence-electron chi connectivity index (χ0n) is 11.9. The van der Waals surface area contributed by atoms with Crippen molar-refractivity contribution < 1.29 is 29.4 Å². The maximum atomic E-state index is 12.2. The van der Waals surface area contributed by atoms with Gasteiger partial charge in [0.25, 0.3) is 0 Å². The highest BCUT2D eigenvalue weighted by atomic mass is 16.4. The van der Waals surface area contributed by atoms with Crippen LogP contribution in [-0.2, 0) is 19.2 Å². The molecule has 118 valence electrons.